The third kappa shape index (κ3) is 3.41. The lowest BCUT2D eigenvalue weighted by atomic mass is 10.0. The number of hydrogen-bond donors (Lipinski definition) is 2. The van der Waals surface area contributed by atoms with Crippen molar-refractivity contribution < 1.29 is 4.39 Å². The number of aryl methyl sites for hydroxylation is 2. The molecule has 0 unspecified atom stereocenters. The molecule has 0 fully saturated rings. The molecule has 8 heteroatoms. The van der Waals surface area contributed by atoms with Crippen LogP contribution in [-0.2, 0) is 7.05 Å². The van der Waals surface area contributed by atoms with Crippen molar-refractivity contribution in [3.05, 3.63) is 90.3 Å². The van der Waals surface area contributed by atoms with Crippen LogP contribution in [0.1, 0.15) is 17.0 Å². The standard InChI is InChI=1S/C24H20FN7/c1-4-6-18(15-7-5-8-17(25)11-15)21-14(2)27-24(29-21)23-22-20(30-31-23)10-9-19(28-22)16-12-26-32(3)13-16/h4-13H,1H2,2-3H3,(H,27,29)(H,30,31)/b18-6-. The lowest BCUT2D eigenvalue weighted by Crippen LogP contribution is -1.92. The number of hydrogen-bond acceptors (Lipinski definition) is 4. The van der Waals surface area contributed by atoms with Crippen molar-refractivity contribution in [3.8, 4) is 22.8 Å². The molecule has 5 rings (SSSR count). The summed E-state index contributed by atoms with van der Waals surface area (Å²) in [5, 5.41) is 11.7. The van der Waals surface area contributed by atoms with Crippen molar-refractivity contribution in [1.29, 1.82) is 0 Å². The quantitative estimate of drug-likeness (QED) is 0.396. The molecule has 0 radical (unpaired) electrons. The van der Waals surface area contributed by atoms with Gasteiger partial charge in [0.2, 0.25) is 0 Å². The SMILES string of the molecule is C=C/C=C(/c1cccc(F)c1)c1nc(-c2n[nH]c3ccc(-c4cnn(C)c4)nc23)[nH]c1C. The van der Waals surface area contributed by atoms with Gasteiger partial charge in [0.15, 0.2) is 11.5 Å². The number of halogens is 1. The zero-order valence-corrected chi connectivity index (χ0v) is 17.6. The van der Waals surface area contributed by atoms with Crippen molar-refractivity contribution in [2.75, 3.05) is 0 Å². The van der Waals surface area contributed by atoms with E-state index in [0.29, 0.717) is 22.7 Å². The summed E-state index contributed by atoms with van der Waals surface area (Å²) in [5.74, 6) is 0.266. The lowest BCUT2D eigenvalue weighted by Gasteiger charge is -2.06. The fraction of sp³-hybridized carbons (Fsp3) is 0.0833. The van der Waals surface area contributed by atoms with Crippen LogP contribution >= 0.6 is 0 Å². The van der Waals surface area contributed by atoms with E-state index in [1.807, 2.05) is 44.4 Å². The highest BCUT2D eigenvalue weighted by Gasteiger charge is 2.19. The van der Waals surface area contributed by atoms with E-state index in [1.54, 1.807) is 23.0 Å². The minimum atomic E-state index is -0.309. The first-order valence-corrected chi connectivity index (χ1v) is 10.0. The van der Waals surface area contributed by atoms with E-state index in [2.05, 4.69) is 26.9 Å². The Bertz CT molecular complexity index is 1490. The van der Waals surface area contributed by atoms with E-state index in [-0.39, 0.29) is 5.82 Å². The molecule has 5 aromatic rings. The first-order chi connectivity index (χ1) is 15.5. The van der Waals surface area contributed by atoms with Crippen LogP contribution in [0, 0.1) is 12.7 Å². The number of rotatable bonds is 5. The van der Waals surface area contributed by atoms with E-state index in [0.717, 1.165) is 33.6 Å². The van der Waals surface area contributed by atoms with Crippen LogP contribution in [0.3, 0.4) is 0 Å². The van der Waals surface area contributed by atoms with Crippen LogP contribution in [0.5, 0.6) is 0 Å². The molecule has 0 aliphatic heterocycles. The molecule has 0 atom stereocenters. The van der Waals surface area contributed by atoms with Crippen LogP contribution in [0.25, 0.3) is 39.4 Å². The molecule has 7 nitrogen and oxygen atoms in total. The maximum absolute atomic E-state index is 13.9. The number of nitrogens with one attached hydrogen (secondary N) is 2. The highest BCUT2D eigenvalue weighted by Crippen LogP contribution is 2.30. The molecule has 158 valence electrons. The van der Waals surface area contributed by atoms with Crippen molar-refractivity contribution >= 4 is 16.6 Å². The van der Waals surface area contributed by atoms with Crippen molar-refractivity contribution in [2.45, 2.75) is 6.92 Å². The number of H-pyrrole nitrogens is 2. The number of nitrogens with zero attached hydrogens (tertiary/aromatic N) is 5. The normalized spacial score (nSPS) is 11.9. The number of aromatic nitrogens is 7. The summed E-state index contributed by atoms with van der Waals surface area (Å²) in [5.41, 5.74) is 6.84. The Balaban J connectivity index is 1.61. The van der Waals surface area contributed by atoms with Gasteiger partial charge in [-0.15, -0.1) is 0 Å². The summed E-state index contributed by atoms with van der Waals surface area (Å²) >= 11 is 0. The number of imidazole rings is 1. The summed E-state index contributed by atoms with van der Waals surface area (Å²) < 4.78 is 15.6. The average Bonchev–Trinajstić information content (AvgIpc) is 3.49. The fourth-order valence-electron chi connectivity index (χ4n) is 3.70. The molecule has 0 saturated heterocycles. The second kappa shape index (κ2) is 7.73. The summed E-state index contributed by atoms with van der Waals surface area (Å²) in [6, 6.07) is 10.3. The molecule has 2 N–H and O–H groups in total. The van der Waals surface area contributed by atoms with Gasteiger partial charge in [0.05, 0.1) is 23.1 Å². The van der Waals surface area contributed by atoms with E-state index in [9.17, 15) is 4.39 Å². The van der Waals surface area contributed by atoms with Gasteiger partial charge in [-0.05, 0) is 36.8 Å². The minimum Gasteiger partial charge on any atom is -0.340 e. The molecule has 0 aliphatic rings. The first kappa shape index (κ1) is 19.6. The Labute approximate surface area is 183 Å². The third-order valence-electron chi connectivity index (χ3n) is 5.19. The predicted octanol–water partition coefficient (Wildman–Crippen LogP) is 4.81. The average molecular weight is 425 g/mol. The van der Waals surface area contributed by atoms with Crippen LogP contribution < -0.4 is 0 Å². The Kier molecular flexibility index (Phi) is 4.74. The van der Waals surface area contributed by atoms with E-state index in [1.165, 1.54) is 12.1 Å². The second-order valence-corrected chi connectivity index (χ2v) is 7.45. The first-order valence-electron chi connectivity index (χ1n) is 10.0. The molecule has 0 amide bonds. The van der Waals surface area contributed by atoms with E-state index >= 15 is 0 Å². The minimum absolute atomic E-state index is 0.309. The van der Waals surface area contributed by atoms with Crippen LogP contribution in [0.2, 0.25) is 0 Å². The van der Waals surface area contributed by atoms with Crippen LogP contribution in [0.4, 0.5) is 4.39 Å². The summed E-state index contributed by atoms with van der Waals surface area (Å²) in [4.78, 5) is 12.9. The van der Waals surface area contributed by atoms with Gasteiger partial charge in [-0.1, -0.05) is 30.9 Å². The topological polar surface area (TPSA) is 88.1 Å². The van der Waals surface area contributed by atoms with Gasteiger partial charge in [-0.2, -0.15) is 10.2 Å². The zero-order valence-electron chi connectivity index (χ0n) is 17.6. The molecule has 0 bridgehead atoms. The Morgan fingerprint density at radius 3 is 2.81 bits per heavy atom. The highest BCUT2D eigenvalue weighted by molar-refractivity contribution is 5.90. The van der Waals surface area contributed by atoms with E-state index < -0.39 is 0 Å². The van der Waals surface area contributed by atoms with Gasteiger partial charge in [-0.25, -0.2) is 14.4 Å². The molecule has 0 aliphatic carbocycles. The van der Waals surface area contributed by atoms with E-state index in [4.69, 9.17) is 9.97 Å². The Morgan fingerprint density at radius 2 is 2.06 bits per heavy atom. The van der Waals surface area contributed by atoms with Crippen LogP contribution in [-0.4, -0.2) is 34.9 Å². The summed E-state index contributed by atoms with van der Waals surface area (Å²) in [6.45, 7) is 5.72. The van der Waals surface area contributed by atoms with Gasteiger partial charge in [0, 0.05) is 30.1 Å². The predicted molar refractivity (Wildman–Crippen MR) is 122 cm³/mol. The highest BCUT2D eigenvalue weighted by atomic mass is 19.1. The third-order valence-corrected chi connectivity index (χ3v) is 5.19. The lowest BCUT2D eigenvalue weighted by molar-refractivity contribution is 0.627. The van der Waals surface area contributed by atoms with Crippen LogP contribution in [0.15, 0.2) is 67.5 Å². The van der Waals surface area contributed by atoms with Crippen molar-refractivity contribution in [2.24, 2.45) is 7.05 Å². The maximum atomic E-state index is 13.9. The van der Waals surface area contributed by atoms with Gasteiger partial charge in [0.25, 0.3) is 0 Å². The molecule has 32 heavy (non-hydrogen) atoms. The molecule has 0 saturated carbocycles. The molecule has 4 aromatic heterocycles. The largest absolute Gasteiger partial charge is 0.340 e. The van der Waals surface area contributed by atoms with Gasteiger partial charge in [0.1, 0.15) is 11.3 Å². The Hall–Kier alpha value is -4.33. The number of benzene rings is 1. The number of allylic oxidation sites excluding steroid dienone is 2. The molecular formula is C24H20FN7. The molecule has 4 heterocycles. The number of fused-ring (bicyclic) bond motifs is 1. The fourth-order valence-corrected chi connectivity index (χ4v) is 3.70. The van der Waals surface area contributed by atoms with Gasteiger partial charge >= 0.3 is 0 Å². The molecule has 1 aromatic carbocycles. The molecular weight excluding hydrogens is 405 g/mol. The number of aromatic amines is 2. The molecule has 0 spiro atoms. The Morgan fingerprint density at radius 1 is 1.19 bits per heavy atom. The van der Waals surface area contributed by atoms with Gasteiger partial charge < -0.3 is 4.98 Å². The van der Waals surface area contributed by atoms with Crippen molar-refractivity contribution in [1.82, 2.24) is 34.9 Å². The smallest absolute Gasteiger partial charge is 0.161 e. The summed E-state index contributed by atoms with van der Waals surface area (Å²) in [7, 11) is 1.87. The maximum Gasteiger partial charge on any atom is 0.161 e. The summed E-state index contributed by atoms with van der Waals surface area (Å²) in [6.07, 6.45) is 7.17. The van der Waals surface area contributed by atoms with Gasteiger partial charge in [-0.3, -0.25) is 9.78 Å². The zero-order chi connectivity index (χ0) is 22.2. The number of pyridine rings is 1. The monoisotopic (exact) mass is 425 g/mol. The van der Waals surface area contributed by atoms with Crippen molar-refractivity contribution in [3.63, 3.8) is 0 Å². The second-order valence-electron chi connectivity index (χ2n) is 7.45.